The van der Waals surface area contributed by atoms with Crippen LogP contribution in [0, 0.1) is 0 Å². The molecule has 0 saturated heterocycles. The lowest BCUT2D eigenvalue weighted by molar-refractivity contribution is 0.412. The minimum Gasteiger partial charge on any atom is -0.473 e. The van der Waals surface area contributed by atoms with E-state index in [1.54, 1.807) is 7.11 Å². The van der Waals surface area contributed by atoms with Crippen LogP contribution in [-0.4, -0.2) is 25.2 Å². The van der Waals surface area contributed by atoms with Crippen molar-refractivity contribution in [3.63, 3.8) is 0 Å². The van der Waals surface area contributed by atoms with Crippen LogP contribution in [0.1, 0.15) is 0 Å². The van der Waals surface area contributed by atoms with Crippen LogP contribution in [0.4, 0.5) is 5.82 Å². The van der Waals surface area contributed by atoms with Gasteiger partial charge in [-0.2, -0.15) is 4.98 Å². The number of nitrogens with one attached hydrogen (secondary N) is 1. The molecule has 0 aromatic carbocycles. The molecule has 5 heteroatoms. The number of methoxy groups -OCH3 is 1. The van der Waals surface area contributed by atoms with Gasteiger partial charge in [0, 0.05) is 18.5 Å². The molecular formula is C6H11N3OS. The summed E-state index contributed by atoms with van der Waals surface area (Å²) < 4.78 is 4.91. The van der Waals surface area contributed by atoms with Crippen molar-refractivity contribution in [2.45, 2.75) is 0 Å². The first-order valence-electron chi connectivity index (χ1n) is 3.30. The van der Waals surface area contributed by atoms with Crippen molar-refractivity contribution < 1.29 is 4.74 Å². The summed E-state index contributed by atoms with van der Waals surface area (Å²) in [6.07, 6.45) is 0. The molecule has 0 aliphatic heterocycles. The SMILES string of the molecule is COc1nc(NCCN)cs1. The van der Waals surface area contributed by atoms with Gasteiger partial charge in [-0.15, -0.1) is 0 Å². The molecule has 0 spiro atoms. The van der Waals surface area contributed by atoms with Gasteiger partial charge in [0.25, 0.3) is 5.19 Å². The molecule has 62 valence electrons. The van der Waals surface area contributed by atoms with E-state index in [0.717, 1.165) is 12.4 Å². The largest absolute Gasteiger partial charge is 0.473 e. The number of hydrogen-bond donors (Lipinski definition) is 2. The molecule has 0 aliphatic rings. The second-order valence-electron chi connectivity index (χ2n) is 1.92. The summed E-state index contributed by atoms with van der Waals surface area (Å²) in [4.78, 5) is 4.10. The third kappa shape index (κ3) is 2.36. The van der Waals surface area contributed by atoms with Gasteiger partial charge in [0.1, 0.15) is 5.82 Å². The van der Waals surface area contributed by atoms with Gasteiger partial charge in [-0.25, -0.2) is 0 Å². The van der Waals surface area contributed by atoms with Gasteiger partial charge in [-0.1, -0.05) is 11.3 Å². The van der Waals surface area contributed by atoms with Crippen molar-refractivity contribution in [3.8, 4) is 5.19 Å². The number of nitrogens with two attached hydrogens (primary N) is 1. The lowest BCUT2D eigenvalue weighted by Crippen LogP contribution is -2.13. The number of rotatable bonds is 4. The highest BCUT2D eigenvalue weighted by Gasteiger charge is 1.98. The highest BCUT2D eigenvalue weighted by molar-refractivity contribution is 7.11. The summed E-state index contributed by atoms with van der Waals surface area (Å²) in [7, 11) is 1.60. The number of hydrogen-bond acceptors (Lipinski definition) is 5. The monoisotopic (exact) mass is 173 g/mol. The van der Waals surface area contributed by atoms with Crippen LogP contribution in [0.5, 0.6) is 5.19 Å². The Morgan fingerprint density at radius 1 is 1.82 bits per heavy atom. The van der Waals surface area contributed by atoms with E-state index in [4.69, 9.17) is 10.5 Å². The summed E-state index contributed by atoms with van der Waals surface area (Å²) in [5.74, 6) is 0.831. The summed E-state index contributed by atoms with van der Waals surface area (Å²) in [6.45, 7) is 1.35. The second-order valence-corrected chi connectivity index (χ2v) is 2.74. The van der Waals surface area contributed by atoms with Crippen molar-refractivity contribution in [3.05, 3.63) is 5.38 Å². The predicted molar refractivity (Wildman–Crippen MR) is 46.2 cm³/mol. The van der Waals surface area contributed by atoms with E-state index in [9.17, 15) is 0 Å². The maximum absolute atomic E-state index is 5.30. The summed E-state index contributed by atoms with van der Waals surface area (Å²) in [5.41, 5.74) is 5.30. The quantitative estimate of drug-likeness (QED) is 0.697. The Balaban J connectivity index is 2.44. The molecule has 11 heavy (non-hydrogen) atoms. The molecule has 0 unspecified atom stereocenters. The lowest BCUT2D eigenvalue weighted by Gasteiger charge is -1.97. The van der Waals surface area contributed by atoms with Crippen LogP contribution in [0.15, 0.2) is 5.38 Å². The first-order chi connectivity index (χ1) is 5.36. The zero-order valence-electron chi connectivity index (χ0n) is 6.33. The lowest BCUT2D eigenvalue weighted by atomic mass is 10.6. The topological polar surface area (TPSA) is 60.2 Å². The molecule has 0 bridgehead atoms. The Morgan fingerprint density at radius 3 is 3.18 bits per heavy atom. The van der Waals surface area contributed by atoms with Crippen molar-refractivity contribution >= 4 is 17.2 Å². The molecule has 0 atom stereocenters. The van der Waals surface area contributed by atoms with Crippen LogP contribution in [0.2, 0.25) is 0 Å². The van der Waals surface area contributed by atoms with E-state index in [2.05, 4.69) is 10.3 Å². The smallest absolute Gasteiger partial charge is 0.274 e. The predicted octanol–water partition coefficient (Wildman–Crippen LogP) is 0.522. The molecule has 0 aliphatic carbocycles. The van der Waals surface area contributed by atoms with E-state index in [1.165, 1.54) is 11.3 Å². The van der Waals surface area contributed by atoms with Gasteiger partial charge in [-0.3, -0.25) is 0 Å². The molecule has 1 heterocycles. The Morgan fingerprint density at radius 2 is 2.64 bits per heavy atom. The fraction of sp³-hybridized carbons (Fsp3) is 0.500. The molecule has 1 aromatic heterocycles. The van der Waals surface area contributed by atoms with Gasteiger partial charge in [0.05, 0.1) is 7.11 Å². The molecule has 0 amide bonds. The summed E-state index contributed by atoms with van der Waals surface area (Å²) in [5, 5.41) is 5.61. The van der Waals surface area contributed by atoms with Crippen molar-refractivity contribution in [1.82, 2.24) is 4.98 Å². The number of anilines is 1. The fourth-order valence-electron chi connectivity index (χ4n) is 0.632. The molecule has 0 radical (unpaired) electrons. The number of nitrogens with zero attached hydrogens (tertiary/aromatic N) is 1. The Labute approximate surface area is 69.4 Å². The van der Waals surface area contributed by atoms with Gasteiger partial charge < -0.3 is 15.8 Å². The number of ether oxygens (including phenoxy) is 1. The van der Waals surface area contributed by atoms with Gasteiger partial charge in [0.15, 0.2) is 0 Å². The minimum atomic E-state index is 0.611. The van der Waals surface area contributed by atoms with Crippen LogP contribution in [-0.2, 0) is 0 Å². The molecule has 1 aromatic rings. The summed E-state index contributed by atoms with van der Waals surface area (Å²) >= 11 is 1.46. The number of thiazole rings is 1. The third-order valence-corrected chi connectivity index (χ3v) is 1.91. The molecule has 0 fully saturated rings. The molecule has 3 N–H and O–H groups in total. The molecule has 0 saturated carbocycles. The van der Waals surface area contributed by atoms with E-state index < -0.39 is 0 Å². The van der Waals surface area contributed by atoms with E-state index >= 15 is 0 Å². The zero-order chi connectivity index (χ0) is 8.10. The average Bonchev–Trinajstić information content (AvgIpc) is 2.48. The first-order valence-corrected chi connectivity index (χ1v) is 4.18. The van der Waals surface area contributed by atoms with Crippen LogP contribution < -0.4 is 15.8 Å². The molecule has 4 nitrogen and oxygen atoms in total. The first kappa shape index (κ1) is 8.29. The Hall–Kier alpha value is -0.810. The summed E-state index contributed by atoms with van der Waals surface area (Å²) in [6, 6.07) is 0. The van der Waals surface area contributed by atoms with Crippen molar-refractivity contribution in [1.29, 1.82) is 0 Å². The maximum Gasteiger partial charge on any atom is 0.274 e. The highest BCUT2D eigenvalue weighted by atomic mass is 32.1. The number of aromatic nitrogens is 1. The van der Waals surface area contributed by atoms with Gasteiger partial charge in [-0.05, 0) is 0 Å². The second kappa shape index (κ2) is 4.15. The molecule has 1 rings (SSSR count). The van der Waals surface area contributed by atoms with Crippen LogP contribution >= 0.6 is 11.3 Å². The molecular weight excluding hydrogens is 162 g/mol. The van der Waals surface area contributed by atoms with E-state index in [1.807, 2.05) is 5.38 Å². The van der Waals surface area contributed by atoms with Crippen LogP contribution in [0.3, 0.4) is 0 Å². The third-order valence-electron chi connectivity index (χ3n) is 1.11. The maximum atomic E-state index is 5.30. The Bertz CT molecular complexity index is 213. The van der Waals surface area contributed by atoms with E-state index in [0.29, 0.717) is 11.7 Å². The van der Waals surface area contributed by atoms with Crippen LogP contribution in [0.25, 0.3) is 0 Å². The normalized spacial score (nSPS) is 9.64. The fourth-order valence-corrected chi connectivity index (χ4v) is 1.23. The minimum absolute atomic E-state index is 0.611. The standard InChI is InChI=1S/C6H11N3OS/c1-10-6-9-5(4-11-6)8-3-2-7/h4,8H,2-3,7H2,1H3. The average molecular weight is 173 g/mol. The van der Waals surface area contributed by atoms with Gasteiger partial charge >= 0.3 is 0 Å². The zero-order valence-corrected chi connectivity index (χ0v) is 7.15. The van der Waals surface area contributed by atoms with Crippen molar-refractivity contribution in [2.24, 2.45) is 5.73 Å². The van der Waals surface area contributed by atoms with E-state index in [-0.39, 0.29) is 0 Å². The highest BCUT2D eigenvalue weighted by Crippen LogP contribution is 2.20. The Kier molecular flexibility index (Phi) is 3.13. The van der Waals surface area contributed by atoms with Crippen molar-refractivity contribution in [2.75, 3.05) is 25.5 Å². The van der Waals surface area contributed by atoms with Gasteiger partial charge in [0.2, 0.25) is 0 Å².